The van der Waals surface area contributed by atoms with Crippen LogP contribution in [0.3, 0.4) is 0 Å². The van der Waals surface area contributed by atoms with Gasteiger partial charge in [-0.3, -0.25) is 0 Å². The molecule has 2 aliphatic rings. The number of terminal acetylenes is 1. The average molecular weight is 348 g/mol. The van der Waals surface area contributed by atoms with Crippen molar-refractivity contribution in [2.75, 3.05) is 5.33 Å². The monoisotopic (exact) mass is 346 g/mol. The smallest absolute Gasteiger partial charge is 0.0903 e. The summed E-state index contributed by atoms with van der Waals surface area (Å²) in [7, 11) is 0. The molecule has 2 rings (SSSR count). The first-order valence-electron chi connectivity index (χ1n) is 6.83. The molecule has 2 aliphatic heterocycles. The van der Waals surface area contributed by atoms with E-state index in [0.717, 1.165) is 24.6 Å². The number of halogens is 2. The Balaban J connectivity index is 1.98. The highest BCUT2D eigenvalue weighted by Crippen LogP contribution is 2.42. The Morgan fingerprint density at radius 1 is 1.53 bits per heavy atom. The van der Waals surface area contributed by atoms with Gasteiger partial charge in [0.25, 0.3) is 0 Å². The normalized spacial score (nSPS) is 39.4. The van der Waals surface area contributed by atoms with Crippen molar-refractivity contribution in [3.05, 3.63) is 12.2 Å². The fourth-order valence-electron chi connectivity index (χ4n) is 2.78. The summed E-state index contributed by atoms with van der Waals surface area (Å²) in [6.07, 6.45) is 12.4. The Morgan fingerprint density at radius 2 is 2.32 bits per heavy atom. The molecule has 106 valence electrons. The zero-order valence-corrected chi connectivity index (χ0v) is 13.4. The molecule has 0 aromatic rings. The van der Waals surface area contributed by atoms with Crippen LogP contribution >= 0.6 is 27.5 Å². The number of allylic oxidation sites excluding steroid dienone is 2. The Kier molecular flexibility index (Phi) is 5.77. The molecule has 2 fully saturated rings. The van der Waals surface area contributed by atoms with Crippen molar-refractivity contribution >= 4 is 27.5 Å². The lowest BCUT2D eigenvalue weighted by atomic mass is 9.97. The second-order valence-corrected chi connectivity index (χ2v) is 6.34. The number of epoxide rings is 1. The van der Waals surface area contributed by atoms with Gasteiger partial charge in [0.05, 0.1) is 29.8 Å². The van der Waals surface area contributed by atoms with Crippen molar-refractivity contribution < 1.29 is 9.47 Å². The van der Waals surface area contributed by atoms with Crippen LogP contribution in [0, 0.1) is 18.3 Å². The highest BCUT2D eigenvalue weighted by molar-refractivity contribution is 9.09. The molecule has 2 saturated heterocycles. The van der Waals surface area contributed by atoms with Gasteiger partial charge in [-0.25, -0.2) is 0 Å². The highest BCUT2D eigenvalue weighted by atomic mass is 79.9. The van der Waals surface area contributed by atoms with Gasteiger partial charge in [-0.2, -0.15) is 0 Å². The molecule has 0 bridgehead atoms. The second kappa shape index (κ2) is 7.13. The van der Waals surface area contributed by atoms with E-state index in [1.165, 1.54) is 0 Å². The van der Waals surface area contributed by atoms with Gasteiger partial charge in [0.1, 0.15) is 0 Å². The van der Waals surface area contributed by atoms with Gasteiger partial charge in [-0.05, 0) is 18.9 Å². The van der Waals surface area contributed by atoms with Crippen LogP contribution in [0.4, 0.5) is 0 Å². The standard InChI is InChI=1S/C15H20BrClO2/c1-3-5-6-7-11(17)13-8-14-15(19-14)10(9-16)12(4-2)18-13/h1,5-6,10-15H,4,7-9H2,2H3/b6-5-/t10-,11-,12+,13-,14+,15-/m1/s1. The molecule has 4 heteroatoms. The zero-order valence-electron chi connectivity index (χ0n) is 11.1. The quantitative estimate of drug-likeness (QED) is 0.431. The minimum absolute atomic E-state index is 0.0439. The molecule has 0 aromatic carbocycles. The van der Waals surface area contributed by atoms with Crippen LogP contribution < -0.4 is 0 Å². The third kappa shape index (κ3) is 3.76. The molecule has 0 unspecified atom stereocenters. The van der Waals surface area contributed by atoms with Crippen LogP contribution in [0.5, 0.6) is 0 Å². The molecular weight excluding hydrogens is 328 g/mol. The molecule has 2 heterocycles. The molecule has 0 amide bonds. The number of alkyl halides is 2. The molecule has 0 radical (unpaired) electrons. The summed E-state index contributed by atoms with van der Waals surface area (Å²) in [6.45, 7) is 2.15. The molecule has 19 heavy (non-hydrogen) atoms. The third-order valence-corrected chi connectivity index (χ3v) is 5.10. The topological polar surface area (TPSA) is 21.8 Å². The first-order chi connectivity index (χ1) is 9.21. The van der Waals surface area contributed by atoms with Gasteiger partial charge >= 0.3 is 0 Å². The fourth-order valence-corrected chi connectivity index (χ4v) is 3.83. The highest BCUT2D eigenvalue weighted by Gasteiger charge is 2.51. The van der Waals surface area contributed by atoms with Crippen LogP contribution in [0.1, 0.15) is 26.2 Å². The molecule has 2 nitrogen and oxygen atoms in total. The number of ether oxygens (including phenoxy) is 2. The summed E-state index contributed by atoms with van der Waals surface area (Å²) in [5.74, 6) is 2.92. The molecule has 0 saturated carbocycles. The second-order valence-electron chi connectivity index (χ2n) is 5.13. The third-order valence-electron chi connectivity index (χ3n) is 3.89. The van der Waals surface area contributed by atoms with Crippen molar-refractivity contribution in [3.8, 4) is 12.3 Å². The summed E-state index contributed by atoms with van der Waals surface area (Å²) < 4.78 is 12.0. The predicted octanol–water partition coefficient (Wildman–Crippen LogP) is 3.52. The number of hydrogen-bond acceptors (Lipinski definition) is 2. The van der Waals surface area contributed by atoms with Gasteiger partial charge in [-0.1, -0.05) is 34.9 Å². The van der Waals surface area contributed by atoms with Gasteiger partial charge in [0.2, 0.25) is 0 Å². The van der Waals surface area contributed by atoms with E-state index >= 15 is 0 Å². The lowest BCUT2D eigenvalue weighted by Gasteiger charge is -2.28. The molecule has 0 aromatic heterocycles. The summed E-state index contributed by atoms with van der Waals surface area (Å²) in [4.78, 5) is 0. The average Bonchev–Trinajstić information content (AvgIpc) is 3.16. The van der Waals surface area contributed by atoms with Crippen LogP contribution in [0.25, 0.3) is 0 Å². The molecule has 0 N–H and O–H groups in total. The maximum Gasteiger partial charge on any atom is 0.0903 e. The lowest BCUT2D eigenvalue weighted by molar-refractivity contribution is -0.0484. The van der Waals surface area contributed by atoms with E-state index in [9.17, 15) is 0 Å². The fraction of sp³-hybridized carbons (Fsp3) is 0.733. The first kappa shape index (κ1) is 15.4. The summed E-state index contributed by atoms with van der Waals surface area (Å²) in [5, 5.41) is 0.876. The van der Waals surface area contributed by atoms with E-state index in [2.05, 4.69) is 28.8 Å². The van der Waals surface area contributed by atoms with Crippen LogP contribution in [0.2, 0.25) is 0 Å². The molecule has 6 atom stereocenters. The number of fused-ring (bicyclic) bond motifs is 1. The summed E-state index contributed by atoms with van der Waals surface area (Å²) in [6, 6.07) is 0. The van der Waals surface area contributed by atoms with E-state index < -0.39 is 0 Å². The number of hydrogen-bond donors (Lipinski definition) is 0. The van der Waals surface area contributed by atoms with Crippen molar-refractivity contribution in [2.45, 2.75) is 56.0 Å². The van der Waals surface area contributed by atoms with Crippen molar-refractivity contribution in [1.82, 2.24) is 0 Å². The molecule has 0 spiro atoms. The Bertz CT molecular complexity index is 366. The molecule has 0 aliphatic carbocycles. The van der Waals surface area contributed by atoms with Gasteiger partial charge in [-0.15, -0.1) is 18.0 Å². The van der Waals surface area contributed by atoms with Crippen LogP contribution in [-0.4, -0.2) is 35.1 Å². The van der Waals surface area contributed by atoms with Gasteiger partial charge in [0, 0.05) is 17.7 Å². The van der Waals surface area contributed by atoms with E-state index in [0.29, 0.717) is 18.1 Å². The van der Waals surface area contributed by atoms with E-state index in [-0.39, 0.29) is 17.6 Å². The number of rotatable bonds is 5. The minimum Gasteiger partial charge on any atom is -0.373 e. The predicted molar refractivity (Wildman–Crippen MR) is 81.7 cm³/mol. The van der Waals surface area contributed by atoms with E-state index in [1.807, 2.05) is 6.08 Å². The maximum atomic E-state index is 6.45. The Hall–Kier alpha value is -0.0100. The minimum atomic E-state index is -0.0439. The largest absolute Gasteiger partial charge is 0.373 e. The van der Waals surface area contributed by atoms with E-state index in [4.69, 9.17) is 27.5 Å². The molecular formula is C15H20BrClO2. The lowest BCUT2D eigenvalue weighted by Crippen LogP contribution is -2.34. The Labute approximate surface area is 129 Å². The summed E-state index contributed by atoms with van der Waals surface area (Å²) >= 11 is 10.0. The summed E-state index contributed by atoms with van der Waals surface area (Å²) in [5.41, 5.74) is 0. The van der Waals surface area contributed by atoms with Crippen molar-refractivity contribution in [1.29, 1.82) is 0 Å². The van der Waals surface area contributed by atoms with E-state index in [1.54, 1.807) is 6.08 Å². The van der Waals surface area contributed by atoms with Gasteiger partial charge < -0.3 is 9.47 Å². The van der Waals surface area contributed by atoms with Crippen molar-refractivity contribution in [3.63, 3.8) is 0 Å². The van der Waals surface area contributed by atoms with Crippen molar-refractivity contribution in [2.24, 2.45) is 5.92 Å². The first-order valence-corrected chi connectivity index (χ1v) is 8.39. The van der Waals surface area contributed by atoms with Crippen LogP contribution in [0.15, 0.2) is 12.2 Å². The Morgan fingerprint density at radius 3 is 2.95 bits per heavy atom. The maximum absolute atomic E-state index is 6.45. The zero-order chi connectivity index (χ0) is 13.8. The van der Waals surface area contributed by atoms with Gasteiger partial charge in [0.15, 0.2) is 0 Å². The SMILES string of the molecule is C#C/C=C\C[C@@H](Cl)[C@H]1C[C@@H]2O[C@@H]2[C@H](CBr)[C@H](CC)O1. The van der Waals surface area contributed by atoms with Crippen LogP contribution in [-0.2, 0) is 9.47 Å².